The predicted molar refractivity (Wildman–Crippen MR) is 18.9 cm³/mol. The quantitative estimate of drug-likeness (QED) is 0.279. The van der Waals surface area contributed by atoms with E-state index in [0.717, 1.165) is 0 Å². The van der Waals surface area contributed by atoms with Gasteiger partial charge in [0.1, 0.15) is 0 Å². The van der Waals surface area contributed by atoms with Gasteiger partial charge in [-0.2, -0.15) is 0 Å². The Morgan fingerprint density at radius 3 is 3.00 bits per heavy atom. The molecule has 5 heavy (non-hydrogen) atoms. The van der Waals surface area contributed by atoms with Crippen LogP contribution in [-0.4, -0.2) is 19.6 Å². The molecule has 0 unspecified atom stereocenters. The Morgan fingerprint density at radius 1 is 1.80 bits per heavy atom. The van der Waals surface area contributed by atoms with Gasteiger partial charge in [0.15, 0.2) is 0 Å². The first-order valence-corrected chi connectivity index (χ1v) is 1.43. The van der Waals surface area contributed by atoms with E-state index in [-0.39, 0.29) is 0 Å². The third-order valence-electron chi connectivity index (χ3n) is 0.384. The third kappa shape index (κ3) is 0.482. The van der Waals surface area contributed by atoms with Crippen LogP contribution in [0.2, 0.25) is 0 Å². The molecule has 1 rings (SSSR count). The van der Waals surface area contributed by atoms with Crippen LogP contribution >= 0.6 is 0 Å². The molecule has 0 aliphatic carbocycles. The van der Waals surface area contributed by atoms with E-state index in [4.69, 9.17) is 0 Å². The minimum atomic E-state index is 0.597. The molecule has 3 heteroatoms. The molecule has 0 amide bonds. The SMILES string of the molecule is B1=COOC1. The van der Waals surface area contributed by atoms with Crippen molar-refractivity contribution in [3.8, 4) is 0 Å². The van der Waals surface area contributed by atoms with Crippen LogP contribution in [0.5, 0.6) is 0 Å². The fourth-order valence-corrected chi connectivity index (χ4v) is 0.196. The summed E-state index contributed by atoms with van der Waals surface area (Å²) in [6.07, 6.45) is 1.51. The van der Waals surface area contributed by atoms with Gasteiger partial charge < -0.3 is 0 Å². The Labute approximate surface area is 30.5 Å². The second kappa shape index (κ2) is 1.22. The van der Waals surface area contributed by atoms with E-state index in [1.807, 2.05) is 0 Å². The first-order chi connectivity index (χ1) is 2.50. The van der Waals surface area contributed by atoms with Gasteiger partial charge in [-0.05, 0) is 0 Å². The van der Waals surface area contributed by atoms with Crippen LogP contribution in [0, 0.1) is 0 Å². The molecule has 1 aliphatic heterocycles. The van der Waals surface area contributed by atoms with Gasteiger partial charge in [0.2, 0.25) is 0 Å². The van der Waals surface area contributed by atoms with E-state index in [9.17, 15) is 0 Å². The monoisotopic (exact) mass is 70.0 g/mol. The van der Waals surface area contributed by atoms with Gasteiger partial charge in [-0.3, -0.25) is 0 Å². The van der Waals surface area contributed by atoms with E-state index in [0.29, 0.717) is 6.51 Å². The molecule has 2 nitrogen and oxygen atoms in total. The van der Waals surface area contributed by atoms with Crippen LogP contribution in [0.1, 0.15) is 0 Å². The molecule has 0 saturated carbocycles. The van der Waals surface area contributed by atoms with Crippen LogP contribution < -0.4 is 0 Å². The van der Waals surface area contributed by atoms with Crippen LogP contribution in [0.15, 0.2) is 0 Å². The van der Waals surface area contributed by atoms with Gasteiger partial charge in [-0.15, -0.1) is 0 Å². The molecule has 26 valence electrons. The zero-order valence-electron chi connectivity index (χ0n) is 2.68. The molecule has 0 N–H and O–H groups in total. The standard InChI is InChI=1S/C2H3BO2/c1-3-2-5-4-1/h1H,2H2. The maximum atomic E-state index is 4.33. The van der Waals surface area contributed by atoms with Gasteiger partial charge in [-0.25, -0.2) is 0 Å². The van der Waals surface area contributed by atoms with Gasteiger partial charge >= 0.3 is 29.4 Å². The third-order valence-corrected chi connectivity index (χ3v) is 0.384. The fraction of sp³-hybridized carbons (Fsp3) is 0.500. The minimum absolute atomic E-state index is 0.597. The molecule has 0 fully saturated rings. The fourth-order valence-electron chi connectivity index (χ4n) is 0.196. The normalized spacial score (nSPS) is 17.6. The van der Waals surface area contributed by atoms with E-state index in [1.165, 1.54) is 6.15 Å². The second-order valence-corrected chi connectivity index (χ2v) is 0.753. The molecule has 0 saturated heterocycles. The molecule has 0 bridgehead atoms. The Hall–Kier alpha value is -0.305. The molecule has 0 aromatic rings. The van der Waals surface area contributed by atoms with Gasteiger partial charge in [0.05, 0.1) is 0 Å². The molecule has 0 aromatic heterocycles. The summed E-state index contributed by atoms with van der Waals surface area (Å²) < 4.78 is 0. The van der Waals surface area contributed by atoms with Crippen LogP contribution in [0.25, 0.3) is 0 Å². The first-order valence-electron chi connectivity index (χ1n) is 1.43. The molecule has 0 spiro atoms. The summed E-state index contributed by atoms with van der Waals surface area (Å²) in [6.45, 7) is 2.39. The van der Waals surface area contributed by atoms with Crippen LogP contribution in [-0.2, 0) is 9.78 Å². The topological polar surface area (TPSA) is 18.5 Å². The molecule has 0 atom stereocenters. The molecule has 0 radical (unpaired) electrons. The van der Waals surface area contributed by atoms with Crippen molar-refractivity contribution >= 4 is 13.1 Å². The molecular formula is C2H3BO2. The number of rotatable bonds is 0. The van der Waals surface area contributed by atoms with Crippen molar-refractivity contribution in [2.24, 2.45) is 0 Å². The van der Waals surface area contributed by atoms with E-state index < -0.39 is 0 Å². The number of hydrogen-bond donors (Lipinski definition) is 0. The van der Waals surface area contributed by atoms with Crippen molar-refractivity contribution in [2.75, 3.05) is 6.51 Å². The van der Waals surface area contributed by atoms with Gasteiger partial charge in [0.25, 0.3) is 0 Å². The molecular weight excluding hydrogens is 66.8 g/mol. The first kappa shape index (κ1) is 2.91. The van der Waals surface area contributed by atoms with Crippen LogP contribution in [0.3, 0.4) is 0 Å². The summed E-state index contributed by atoms with van der Waals surface area (Å²) in [7, 11) is 0. The van der Waals surface area contributed by atoms with Crippen molar-refractivity contribution in [2.45, 2.75) is 0 Å². The van der Waals surface area contributed by atoms with E-state index in [2.05, 4.69) is 9.78 Å². The molecule has 1 heterocycles. The summed E-state index contributed by atoms with van der Waals surface area (Å²) >= 11 is 0. The van der Waals surface area contributed by atoms with Crippen molar-refractivity contribution < 1.29 is 9.78 Å². The Kier molecular flexibility index (Phi) is 0.708. The second-order valence-electron chi connectivity index (χ2n) is 0.753. The summed E-state index contributed by atoms with van der Waals surface area (Å²) in [5.74, 6) is 0. The predicted octanol–water partition coefficient (Wildman–Crippen LogP) is -0.630. The van der Waals surface area contributed by atoms with Crippen molar-refractivity contribution in [1.82, 2.24) is 0 Å². The van der Waals surface area contributed by atoms with Gasteiger partial charge in [-0.1, -0.05) is 0 Å². The zero-order valence-corrected chi connectivity index (χ0v) is 2.68. The van der Waals surface area contributed by atoms with E-state index >= 15 is 0 Å². The zero-order chi connectivity index (χ0) is 3.54. The maximum absolute atomic E-state index is 4.33. The molecule has 0 aromatic carbocycles. The summed E-state index contributed by atoms with van der Waals surface area (Å²) in [5.41, 5.74) is 0. The summed E-state index contributed by atoms with van der Waals surface area (Å²) in [4.78, 5) is 8.60. The Bertz CT molecular complexity index is 45.6. The summed E-state index contributed by atoms with van der Waals surface area (Å²) in [5, 5.41) is 0. The van der Waals surface area contributed by atoms with Crippen molar-refractivity contribution in [3.63, 3.8) is 0 Å². The number of hydrogen-bond acceptors (Lipinski definition) is 2. The average Bonchev–Trinajstić information content (AvgIpc) is 1.76. The average molecular weight is 69.9 g/mol. The van der Waals surface area contributed by atoms with Crippen molar-refractivity contribution in [1.29, 1.82) is 0 Å². The molecule has 1 aliphatic rings. The Morgan fingerprint density at radius 2 is 2.80 bits per heavy atom. The summed E-state index contributed by atoms with van der Waals surface area (Å²) in [6, 6.07) is 0. The van der Waals surface area contributed by atoms with Crippen molar-refractivity contribution in [3.05, 3.63) is 0 Å². The van der Waals surface area contributed by atoms with Crippen LogP contribution in [0.4, 0.5) is 0 Å². The van der Waals surface area contributed by atoms with Gasteiger partial charge in [0, 0.05) is 0 Å². The Balaban J connectivity index is 2.32. The van der Waals surface area contributed by atoms with E-state index in [1.54, 1.807) is 6.92 Å².